The van der Waals surface area contributed by atoms with E-state index in [0.717, 1.165) is 0 Å². The molecule has 1 aromatic rings. The van der Waals surface area contributed by atoms with Gasteiger partial charge in [-0.2, -0.15) is 0 Å². The molecule has 0 aromatic heterocycles. The number of hydrogen-bond donors (Lipinski definition) is 1. The number of hydrogen-bond acceptors (Lipinski definition) is 1. The number of phenols is 1. The molecule has 1 aromatic carbocycles. The Morgan fingerprint density at radius 3 is 1.82 bits per heavy atom. The SMILES string of the molecule is C[Se](C)(C)c1ccc(O)cc1. The van der Waals surface area contributed by atoms with Crippen molar-refractivity contribution in [2.45, 2.75) is 17.5 Å². The fraction of sp³-hybridized carbons (Fsp3) is 0.333. The van der Waals surface area contributed by atoms with Crippen molar-refractivity contribution in [3.63, 3.8) is 0 Å². The number of benzene rings is 1. The molecule has 0 aliphatic carbocycles. The Bertz CT molecular complexity index is 233. The second kappa shape index (κ2) is 2.88. The molecule has 0 saturated carbocycles. The van der Waals surface area contributed by atoms with E-state index < -0.39 is 12.8 Å². The molecule has 1 rings (SSSR count). The van der Waals surface area contributed by atoms with E-state index in [0.29, 0.717) is 5.75 Å². The molecule has 11 heavy (non-hydrogen) atoms. The van der Waals surface area contributed by atoms with Gasteiger partial charge < -0.3 is 0 Å². The third kappa shape index (κ3) is 2.25. The average Bonchev–Trinajstić information content (AvgIpc) is 1.86. The molecule has 2 heteroatoms. The Balaban J connectivity index is 2.99. The molecular formula is C9H14OSe. The van der Waals surface area contributed by atoms with Crippen molar-refractivity contribution in [3.8, 4) is 5.75 Å². The van der Waals surface area contributed by atoms with Crippen LogP contribution in [0.1, 0.15) is 0 Å². The predicted octanol–water partition coefficient (Wildman–Crippen LogP) is 1.94. The van der Waals surface area contributed by atoms with E-state index in [9.17, 15) is 0 Å². The van der Waals surface area contributed by atoms with E-state index >= 15 is 0 Å². The Kier molecular flexibility index (Phi) is 2.26. The zero-order valence-electron chi connectivity index (χ0n) is 7.16. The Morgan fingerprint density at radius 1 is 1.00 bits per heavy atom. The fourth-order valence-corrected chi connectivity index (χ4v) is 2.85. The van der Waals surface area contributed by atoms with Gasteiger partial charge in [-0.15, -0.1) is 0 Å². The predicted molar refractivity (Wildman–Crippen MR) is 51.1 cm³/mol. The van der Waals surface area contributed by atoms with Gasteiger partial charge in [0.05, 0.1) is 0 Å². The first kappa shape index (κ1) is 8.63. The van der Waals surface area contributed by atoms with Crippen molar-refractivity contribution < 1.29 is 5.11 Å². The zero-order valence-corrected chi connectivity index (χ0v) is 8.88. The third-order valence-electron chi connectivity index (χ3n) is 1.54. The van der Waals surface area contributed by atoms with Crippen LogP contribution in [-0.4, -0.2) is 18.0 Å². The molecule has 0 amide bonds. The minimum absolute atomic E-state index is 0.356. The van der Waals surface area contributed by atoms with Crippen LogP contribution in [-0.2, 0) is 0 Å². The van der Waals surface area contributed by atoms with Crippen LogP contribution >= 0.6 is 0 Å². The van der Waals surface area contributed by atoms with Crippen LogP contribution in [0, 0.1) is 0 Å². The van der Waals surface area contributed by atoms with Crippen molar-refractivity contribution in [3.05, 3.63) is 24.3 Å². The normalized spacial score (nSPS) is 13.0. The van der Waals surface area contributed by atoms with E-state index in [2.05, 4.69) is 17.5 Å². The van der Waals surface area contributed by atoms with Gasteiger partial charge in [-0.05, 0) is 0 Å². The van der Waals surface area contributed by atoms with Crippen molar-refractivity contribution in [1.29, 1.82) is 0 Å². The fourth-order valence-electron chi connectivity index (χ4n) is 0.854. The first-order valence-electron chi connectivity index (χ1n) is 3.47. The summed E-state index contributed by atoms with van der Waals surface area (Å²) in [5.74, 6) is 7.28. The molecule has 0 aliphatic rings. The van der Waals surface area contributed by atoms with Gasteiger partial charge in [-0.1, -0.05) is 0 Å². The molecule has 1 N–H and O–H groups in total. The van der Waals surface area contributed by atoms with Crippen molar-refractivity contribution in [2.24, 2.45) is 0 Å². The van der Waals surface area contributed by atoms with Crippen LogP contribution in [0.5, 0.6) is 5.75 Å². The molecule has 0 atom stereocenters. The first-order chi connectivity index (χ1) is 5.00. The number of aromatic hydroxyl groups is 1. The van der Waals surface area contributed by atoms with Gasteiger partial charge in [0.1, 0.15) is 0 Å². The summed E-state index contributed by atoms with van der Waals surface area (Å²) >= 11 is -1.34. The standard InChI is InChI=1S/C9H14OSe/c1-11(2,3)9-6-4-8(10)5-7-9/h4-7,10H,1-3H3. The van der Waals surface area contributed by atoms with Crippen LogP contribution < -0.4 is 4.46 Å². The second-order valence-electron chi connectivity index (χ2n) is 3.33. The summed E-state index contributed by atoms with van der Waals surface area (Å²) in [5.41, 5.74) is 0. The number of rotatable bonds is 1. The Hall–Kier alpha value is -0.461. The molecule has 0 unspecified atom stereocenters. The summed E-state index contributed by atoms with van der Waals surface area (Å²) in [7, 11) is 0. The van der Waals surface area contributed by atoms with Gasteiger partial charge in [-0.3, -0.25) is 0 Å². The second-order valence-corrected chi connectivity index (χ2v) is 12.0. The van der Waals surface area contributed by atoms with Gasteiger partial charge in [0, 0.05) is 0 Å². The average molecular weight is 217 g/mol. The molecule has 0 spiro atoms. The quantitative estimate of drug-likeness (QED) is 0.713. The maximum absolute atomic E-state index is 9.04. The van der Waals surface area contributed by atoms with Crippen molar-refractivity contribution >= 4 is 17.3 Å². The maximum atomic E-state index is 9.04. The summed E-state index contributed by atoms with van der Waals surface area (Å²) < 4.78 is 1.40. The van der Waals surface area contributed by atoms with E-state index in [1.54, 1.807) is 12.1 Å². The zero-order chi connectivity index (χ0) is 8.48. The van der Waals surface area contributed by atoms with E-state index in [1.165, 1.54) is 4.46 Å². The Morgan fingerprint density at radius 2 is 1.45 bits per heavy atom. The monoisotopic (exact) mass is 218 g/mol. The summed E-state index contributed by atoms with van der Waals surface area (Å²) in [6, 6.07) is 7.57. The third-order valence-corrected chi connectivity index (χ3v) is 5.08. The van der Waals surface area contributed by atoms with Crippen LogP contribution in [0.3, 0.4) is 0 Å². The summed E-state index contributed by atoms with van der Waals surface area (Å²) in [5, 5.41) is 9.04. The van der Waals surface area contributed by atoms with E-state index in [-0.39, 0.29) is 0 Å². The summed E-state index contributed by atoms with van der Waals surface area (Å²) in [6.45, 7) is 0. The molecular weight excluding hydrogens is 203 g/mol. The van der Waals surface area contributed by atoms with Crippen LogP contribution in [0.25, 0.3) is 0 Å². The molecule has 1 nitrogen and oxygen atoms in total. The minimum atomic E-state index is -1.34. The molecule has 0 radical (unpaired) electrons. The van der Waals surface area contributed by atoms with E-state index in [4.69, 9.17) is 5.11 Å². The van der Waals surface area contributed by atoms with Crippen molar-refractivity contribution in [2.75, 3.05) is 0 Å². The Labute approximate surface area is 70.3 Å². The van der Waals surface area contributed by atoms with Crippen LogP contribution in [0.4, 0.5) is 0 Å². The molecule has 0 fully saturated rings. The topological polar surface area (TPSA) is 20.2 Å². The molecule has 0 heterocycles. The molecule has 0 saturated heterocycles. The van der Waals surface area contributed by atoms with Gasteiger partial charge in [-0.25, -0.2) is 0 Å². The van der Waals surface area contributed by atoms with Crippen molar-refractivity contribution in [1.82, 2.24) is 0 Å². The van der Waals surface area contributed by atoms with Gasteiger partial charge in [0.25, 0.3) is 0 Å². The summed E-state index contributed by atoms with van der Waals surface area (Å²) in [6.07, 6.45) is 0. The van der Waals surface area contributed by atoms with E-state index in [1.807, 2.05) is 12.1 Å². The van der Waals surface area contributed by atoms with Crippen LogP contribution in [0.15, 0.2) is 24.3 Å². The molecule has 62 valence electrons. The van der Waals surface area contributed by atoms with Gasteiger partial charge in [0.2, 0.25) is 0 Å². The molecule has 0 aliphatic heterocycles. The van der Waals surface area contributed by atoms with Gasteiger partial charge in [0.15, 0.2) is 0 Å². The molecule has 0 bridgehead atoms. The number of phenolic OH excluding ortho intramolecular Hbond substituents is 1. The first-order valence-corrected chi connectivity index (χ1v) is 9.47. The van der Waals surface area contributed by atoms with Gasteiger partial charge >= 0.3 is 69.9 Å². The summed E-state index contributed by atoms with van der Waals surface area (Å²) in [4.78, 5) is 0. The van der Waals surface area contributed by atoms with Crippen LogP contribution in [0.2, 0.25) is 17.5 Å².